The number of nitrogens with one attached hydrogen (secondary N) is 1. The summed E-state index contributed by atoms with van der Waals surface area (Å²) in [5.41, 5.74) is 4.02. The Balaban J connectivity index is 1.40. The van der Waals surface area contributed by atoms with Gasteiger partial charge in [0.25, 0.3) is 5.91 Å². The molecule has 2 aromatic carbocycles. The van der Waals surface area contributed by atoms with Gasteiger partial charge >= 0.3 is 0 Å². The summed E-state index contributed by atoms with van der Waals surface area (Å²) in [6.45, 7) is 0.190. The van der Waals surface area contributed by atoms with Gasteiger partial charge < -0.3 is 4.90 Å². The van der Waals surface area contributed by atoms with Gasteiger partial charge in [-0.15, -0.1) is 0 Å². The summed E-state index contributed by atoms with van der Waals surface area (Å²) in [5.74, 6) is -1.65. The van der Waals surface area contributed by atoms with Crippen LogP contribution in [0.3, 0.4) is 0 Å². The molecule has 2 fully saturated rings. The molecule has 1 N–H and O–H groups in total. The maximum Gasteiger partial charge on any atom is 0.254 e. The van der Waals surface area contributed by atoms with Crippen molar-refractivity contribution in [1.82, 2.24) is 10.3 Å². The third kappa shape index (κ3) is 3.79. The molecule has 2 unspecified atom stereocenters. The molecular weight excluding hydrogens is 409 g/mol. The molecule has 3 amide bonds. The van der Waals surface area contributed by atoms with Crippen LogP contribution in [0.4, 0.5) is 10.1 Å². The van der Waals surface area contributed by atoms with Crippen molar-refractivity contribution < 1.29 is 18.8 Å². The normalized spacial score (nSPS) is 22.3. The van der Waals surface area contributed by atoms with E-state index in [0.29, 0.717) is 29.7 Å². The molecule has 0 aromatic heterocycles. The smallest absolute Gasteiger partial charge is 0.254 e. The van der Waals surface area contributed by atoms with Crippen LogP contribution < -0.4 is 10.4 Å². The number of carbonyl (C=O) groups is 3. The molecule has 0 bridgehead atoms. The van der Waals surface area contributed by atoms with Crippen LogP contribution in [0.1, 0.15) is 41.6 Å². The molecule has 2 aromatic rings. The minimum Gasteiger partial charge on any atom is -0.331 e. The number of allylic oxidation sites excluding steroid dienone is 2. The number of carbonyl (C=O) groups excluding carboxylic acids is 3. The number of halogens is 1. The lowest BCUT2D eigenvalue weighted by molar-refractivity contribution is -0.139. The van der Waals surface area contributed by atoms with Crippen LogP contribution in [-0.2, 0) is 16.1 Å². The molecular formula is C25H24FN3O3. The highest BCUT2D eigenvalue weighted by Crippen LogP contribution is 2.34. The number of hydrogen-bond donors (Lipinski definition) is 1. The maximum atomic E-state index is 14.2. The summed E-state index contributed by atoms with van der Waals surface area (Å²) in [4.78, 5) is 40.7. The van der Waals surface area contributed by atoms with Gasteiger partial charge in [0, 0.05) is 23.7 Å². The highest BCUT2D eigenvalue weighted by molar-refractivity contribution is 6.05. The lowest BCUT2D eigenvalue weighted by Gasteiger charge is -2.38. The fraction of sp³-hybridized carbons (Fsp3) is 0.320. The van der Waals surface area contributed by atoms with Crippen molar-refractivity contribution in [3.05, 3.63) is 77.6 Å². The first kappa shape index (κ1) is 20.4. The van der Waals surface area contributed by atoms with Gasteiger partial charge in [0.15, 0.2) is 0 Å². The summed E-state index contributed by atoms with van der Waals surface area (Å²) in [7, 11) is 0. The maximum absolute atomic E-state index is 14.2. The number of nitrogens with zero attached hydrogens (tertiary/aromatic N) is 2. The topological polar surface area (TPSA) is 69.7 Å². The van der Waals surface area contributed by atoms with Crippen molar-refractivity contribution in [2.45, 2.75) is 38.3 Å². The van der Waals surface area contributed by atoms with Crippen LogP contribution in [0.2, 0.25) is 0 Å². The number of rotatable bonds is 5. The van der Waals surface area contributed by atoms with Gasteiger partial charge in [-0.25, -0.2) is 9.40 Å². The van der Waals surface area contributed by atoms with Gasteiger partial charge in [0.1, 0.15) is 5.82 Å². The van der Waals surface area contributed by atoms with Crippen molar-refractivity contribution in [1.29, 1.82) is 0 Å². The Labute approximate surface area is 185 Å². The Kier molecular flexibility index (Phi) is 5.25. The van der Waals surface area contributed by atoms with E-state index >= 15 is 0 Å². The van der Waals surface area contributed by atoms with E-state index in [2.05, 4.69) is 5.43 Å². The van der Waals surface area contributed by atoms with Crippen LogP contribution >= 0.6 is 0 Å². The minimum absolute atomic E-state index is 0.0804. The first-order chi connectivity index (χ1) is 15.5. The molecule has 5 rings (SSSR count). The SMILES string of the molecule is O=C1NN(c2cccc(C(=O)N(Cc3ccccc3F)C3CC3)c2)C(=O)C2CC=CCC12. The summed E-state index contributed by atoms with van der Waals surface area (Å²) >= 11 is 0. The van der Waals surface area contributed by atoms with Gasteiger partial charge in [-0.05, 0) is 49.9 Å². The van der Waals surface area contributed by atoms with Gasteiger partial charge in [0.05, 0.1) is 17.5 Å². The van der Waals surface area contributed by atoms with Gasteiger partial charge in [0.2, 0.25) is 11.8 Å². The van der Waals surface area contributed by atoms with Gasteiger partial charge in [-0.3, -0.25) is 19.8 Å². The van der Waals surface area contributed by atoms with Crippen LogP contribution in [0, 0.1) is 17.7 Å². The molecule has 1 saturated heterocycles. The Morgan fingerprint density at radius 2 is 1.78 bits per heavy atom. The van der Waals surface area contributed by atoms with E-state index in [-0.39, 0.29) is 42.0 Å². The molecule has 164 valence electrons. The van der Waals surface area contributed by atoms with Crippen LogP contribution in [0.15, 0.2) is 60.7 Å². The van der Waals surface area contributed by atoms with Crippen LogP contribution in [-0.4, -0.2) is 28.7 Å². The molecule has 2 aliphatic carbocycles. The molecule has 1 heterocycles. The van der Waals surface area contributed by atoms with Crippen molar-refractivity contribution in [3.8, 4) is 0 Å². The monoisotopic (exact) mass is 433 g/mol. The Hall–Kier alpha value is -3.48. The van der Waals surface area contributed by atoms with E-state index in [4.69, 9.17) is 0 Å². The molecule has 0 spiro atoms. The first-order valence-corrected chi connectivity index (χ1v) is 11.0. The van der Waals surface area contributed by atoms with Gasteiger partial charge in [-0.1, -0.05) is 36.4 Å². The predicted molar refractivity (Wildman–Crippen MR) is 117 cm³/mol. The number of benzene rings is 2. The molecule has 1 saturated carbocycles. The lowest BCUT2D eigenvalue weighted by atomic mass is 9.80. The Morgan fingerprint density at radius 3 is 2.53 bits per heavy atom. The average molecular weight is 433 g/mol. The molecule has 3 aliphatic rings. The molecule has 2 atom stereocenters. The van der Waals surface area contributed by atoms with Crippen LogP contribution in [0.25, 0.3) is 0 Å². The molecule has 7 heteroatoms. The second kappa shape index (κ2) is 8.22. The summed E-state index contributed by atoms with van der Waals surface area (Å²) < 4.78 is 14.2. The van der Waals surface area contributed by atoms with Crippen molar-refractivity contribution >= 4 is 23.4 Å². The molecule has 32 heavy (non-hydrogen) atoms. The minimum atomic E-state index is -0.392. The average Bonchev–Trinajstić information content (AvgIpc) is 3.66. The molecule has 0 radical (unpaired) electrons. The van der Waals surface area contributed by atoms with E-state index in [9.17, 15) is 18.8 Å². The third-order valence-corrected chi connectivity index (χ3v) is 6.43. The van der Waals surface area contributed by atoms with Crippen molar-refractivity contribution in [2.75, 3.05) is 5.01 Å². The third-order valence-electron chi connectivity index (χ3n) is 6.43. The van der Waals surface area contributed by atoms with E-state index in [0.717, 1.165) is 12.8 Å². The van der Waals surface area contributed by atoms with E-state index in [1.165, 1.54) is 11.1 Å². The second-order valence-electron chi connectivity index (χ2n) is 8.61. The zero-order chi connectivity index (χ0) is 22.2. The number of hydrazine groups is 1. The first-order valence-electron chi connectivity index (χ1n) is 11.0. The Bertz CT molecular complexity index is 1110. The fourth-order valence-electron chi connectivity index (χ4n) is 4.49. The van der Waals surface area contributed by atoms with E-state index < -0.39 is 5.92 Å². The second-order valence-corrected chi connectivity index (χ2v) is 8.61. The van der Waals surface area contributed by atoms with E-state index in [1.807, 2.05) is 12.2 Å². The number of fused-ring (bicyclic) bond motifs is 1. The quantitative estimate of drug-likeness (QED) is 0.733. The number of anilines is 1. The fourth-order valence-corrected chi connectivity index (χ4v) is 4.49. The van der Waals surface area contributed by atoms with E-state index in [1.54, 1.807) is 47.4 Å². The summed E-state index contributed by atoms with van der Waals surface area (Å²) in [5, 5.41) is 1.26. The number of hydrogen-bond acceptors (Lipinski definition) is 3. The standard InChI is InChI=1S/C25H24FN3O3/c26-22-11-4-1-6-17(22)15-28(18-12-13-18)24(31)16-7-5-8-19(14-16)29-25(32)21-10-3-2-9-20(21)23(30)27-29/h1-8,11,14,18,20-21H,9-10,12-13,15H2,(H,27,30). The Morgan fingerprint density at radius 1 is 1.03 bits per heavy atom. The highest BCUT2D eigenvalue weighted by atomic mass is 19.1. The zero-order valence-electron chi connectivity index (χ0n) is 17.5. The van der Waals surface area contributed by atoms with Gasteiger partial charge in [-0.2, -0.15) is 0 Å². The van der Waals surface area contributed by atoms with Crippen molar-refractivity contribution in [3.63, 3.8) is 0 Å². The number of amides is 3. The zero-order valence-corrected chi connectivity index (χ0v) is 17.5. The van der Waals surface area contributed by atoms with Crippen molar-refractivity contribution in [2.24, 2.45) is 11.8 Å². The van der Waals surface area contributed by atoms with Crippen LogP contribution in [0.5, 0.6) is 0 Å². The largest absolute Gasteiger partial charge is 0.331 e. The summed E-state index contributed by atoms with van der Waals surface area (Å²) in [6.07, 6.45) is 6.73. The summed E-state index contributed by atoms with van der Waals surface area (Å²) in [6, 6.07) is 13.2. The predicted octanol–water partition coefficient (Wildman–Crippen LogP) is 3.59. The highest BCUT2D eigenvalue weighted by Gasteiger charge is 2.42. The molecule has 6 nitrogen and oxygen atoms in total. The lowest BCUT2D eigenvalue weighted by Crippen LogP contribution is -2.59. The molecule has 1 aliphatic heterocycles.